The van der Waals surface area contributed by atoms with Gasteiger partial charge in [-0.1, -0.05) is 0 Å². The van der Waals surface area contributed by atoms with Gasteiger partial charge in [0.1, 0.15) is 11.5 Å². The van der Waals surface area contributed by atoms with Gasteiger partial charge in [-0.15, -0.1) is 0 Å². The summed E-state index contributed by atoms with van der Waals surface area (Å²) in [6, 6.07) is 8.47. The lowest BCUT2D eigenvalue weighted by molar-refractivity contribution is 0.0697. The van der Waals surface area contributed by atoms with Gasteiger partial charge in [-0.05, 0) is 36.4 Å². The number of hydrogen-bond donors (Lipinski definition) is 1. The summed E-state index contributed by atoms with van der Waals surface area (Å²) in [6.07, 6.45) is 2.36. The Hall–Kier alpha value is -3.15. The molecule has 0 amide bonds. The summed E-state index contributed by atoms with van der Waals surface area (Å²) in [6.45, 7) is 0. The number of carbonyl (C=O) groups is 1. The standard InChI is InChI=1S/C19H18O6/c1-22-16-7-4-11(17(23-2)18(16)24-3)9-14-10-13-8-12(19(20)21)5-6-15(13)25-14/h4-9H,10H2,1-3H3,(H,20,21). The zero-order valence-corrected chi connectivity index (χ0v) is 14.2. The maximum Gasteiger partial charge on any atom is 0.335 e. The van der Waals surface area contributed by atoms with E-state index in [2.05, 4.69) is 0 Å². The monoisotopic (exact) mass is 342 g/mol. The Morgan fingerprint density at radius 3 is 2.48 bits per heavy atom. The highest BCUT2D eigenvalue weighted by Crippen LogP contribution is 2.41. The average molecular weight is 342 g/mol. The van der Waals surface area contributed by atoms with Gasteiger partial charge in [0.15, 0.2) is 11.5 Å². The molecule has 130 valence electrons. The van der Waals surface area contributed by atoms with Crippen molar-refractivity contribution >= 4 is 12.0 Å². The van der Waals surface area contributed by atoms with E-state index >= 15 is 0 Å². The highest BCUT2D eigenvalue weighted by atomic mass is 16.5. The fourth-order valence-electron chi connectivity index (χ4n) is 2.81. The summed E-state index contributed by atoms with van der Waals surface area (Å²) >= 11 is 0. The molecular weight excluding hydrogens is 324 g/mol. The van der Waals surface area contributed by atoms with Gasteiger partial charge in [-0.2, -0.15) is 0 Å². The Balaban J connectivity index is 1.96. The van der Waals surface area contributed by atoms with E-state index in [9.17, 15) is 4.79 Å². The van der Waals surface area contributed by atoms with Crippen molar-refractivity contribution < 1.29 is 28.8 Å². The second-order valence-corrected chi connectivity index (χ2v) is 5.44. The highest BCUT2D eigenvalue weighted by molar-refractivity contribution is 5.88. The third kappa shape index (κ3) is 3.10. The van der Waals surface area contributed by atoms with Crippen molar-refractivity contribution in [2.24, 2.45) is 0 Å². The van der Waals surface area contributed by atoms with Crippen LogP contribution < -0.4 is 18.9 Å². The summed E-state index contributed by atoms with van der Waals surface area (Å²) in [5.41, 5.74) is 1.86. The number of rotatable bonds is 5. The summed E-state index contributed by atoms with van der Waals surface area (Å²) in [4.78, 5) is 11.1. The van der Waals surface area contributed by atoms with Crippen LogP contribution >= 0.6 is 0 Å². The molecule has 6 nitrogen and oxygen atoms in total. The molecule has 0 spiro atoms. The smallest absolute Gasteiger partial charge is 0.335 e. The Bertz CT molecular complexity index is 853. The molecular formula is C19H18O6. The van der Waals surface area contributed by atoms with Gasteiger partial charge < -0.3 is 24.1 Å². The SMILES string of the molecule is COc1ccc(C=C2Cc3cc(C(=O)O)ccc3O2)c(OC)c1OC. The predicted octanol–water partition coefficient (Wildman–Crippen LogP) is 3.39. The molecule has 2 aromatic carbocycles. The second kappa shape index (κ2) is 6.76. The number of benzene rings is 2. The number of allylic oxidation sites excluding steroid dienone is 1. The second-order valence-electron chi connectivity index (χ2n) is 5.44. The van der Waals surface area contributed by atoms with E-state index in [0.717, 1.165) is 11.1 Å². The molecule has 2 aromatic rings. The van der Waals surface area contributed by atoms with Gasteiger partial charge in [0.25, 0.3) is 0 Å². The third-order valence-electron chi connectivity index (χ3n) is 3.96. The van der Waals surface area contributed by atoms with Crippen LogP contribution in [0, 0.1) is 0 Å². The van der Waals surface area contributed by atoms with Crippen molar-refractivity contribution in [2.45, 2.75) is 6.42 Å². The van der Waals surface area contributed by atoms with E-state index in [4.69, 9.17) is 24.1 Å². The molecule has 1 aliphatic heterocycles. The predicted molar refractivity (Wildman–Crippen MR) is 91.8 cm³/mol. The van der Waals surface area contributed by atoms with E-state index in [1.807, 2.05) is 12.1 Å². The lowest BCUT2D eigenvalue weighted by Crippen LogP contribution is -1.97. The van der Waals surface area contributed by atoms with E-state index in [-0.39, 0.29) is 5.56 Å². The van der Waals surface area contributed by atoms with Crippen LogP contribution in [0.25, 0.3) is 6.08 Å². The lowest BCUT2D eigenvalue weighted by atomic mass is 10.1. The molecule has 3 rings (SSSR count). The van der Waals surface area contributed by atoms with Crippen LogP contribution in [-0.2, 0) is 6.42 Å². The van der Waals surface area contributed by atoms with Crippen LogP contribution in [0.15, 0.2) is 36.1 Å². The fraction of sp³-hybridized carbons (Fsp3) is 0.211. The molecule has 0 fully saturated rings. The molecule has 0 radical (unpaired) electrons. The quantitative estimate of drug-likeness (QED) is 0.898. The number of ether oxygens (including phenoxy) is 4. The van der Waals surface area contributed by atoms with Gasteiger partial charge in [0.05, 0.1) is 26.9 Å². The first-order chi connectivity index (χ1) is 12.1. The molecule has 1 heterocycles. The Kier molecular flexibility index (Phi) is 4.52. The summed E-state index contributed by atoms with van der Waals surface area (Å²) in [5, 5.41) is 9.09. The van der Waals surface area contributed by atoms with Crippen molar-refractivity contribution in [1.82, 2.24) is 0 Å². The summed E-state index contributed by atoms with van der Waals surface area (Å²) in [7, 11) is 4.67. The van der Waals surface area contributed by atoms with Crippen molar-refractivity contribution in [3.05, 3.63) is 52.8 Å². The first kappa shape index (κ1) is 16.7. The van der Waals surface area contributed by atoms with Crippen LogP contribution in [0.5, 0.6) is 23.0 Å². The maximum atomic E-state index is 11.1. The third-order valence-corrected chi connectivity index (χ3v) is 3.96. The summed E-state index contributed by atoms with van der Waals surface area (Å²) in [5.74, 6) is 2.02. The molecule has 0 aromatic heterocycles. The van der Waals surface area contributed by atoms with Gasteiger partial charge in [0, 0.05) is 17.5 Å². The first-order valence-corrected chi connectivity index (χ1v) is 7.61. The Labute approximate surface area is 145 Å². The van der Waals surface area contributed by atoms with Crippen LogP contribution in [-0.4, -0.2) is 32.4 Å². The number of hydrogen-bond acceptors (Lipinski definition) is 5. The van der Waals surface area contributed by atoms with Crippen LogP contribution in [0.1, 0.15) is 21.5 Å². The molecule has 0 unspecified atom stereocenters. The minimum Gasteiger partial charge on any atom is -0.493 e. The molecule has 0 atom stereocenters. The minimum atomic E-state index is -0.957. The van der Waals surface area contributed by atoms with E-state index < -0.39 is 5.97 Å². The molecule has 0 aliphatic carbocycles. The number of aromatic carboxylic acids is 1. The first-order valence-electron chi connectivity index (χ1n) is 7.61. The molecule has 25 heavy (non-hydrogen) atoms. The maximum absolute atomic E-state index is 11.1. The largest absolute Gasteiger partial charge is 0.493 e. The van der Waals surface area contributed by atoms with Gasteiger partial charge in [-0.3, -0.25) is 0 Å². The van der Waals surface area contributed by atoms with E-state index in [1.165, 1.54) is 6.07 Å². The number of carboxylic acid groups (broad SMARTS) is 1. The zero-order valence-electron chi connectivity index (χ0n) is 14.2. The van der Waals surface area contributed by atoms with Crippen molar-refractivity contribution in [3.63, 3.8) is 0 Å². The highest BCUT2D eigenvalue weighted by Gasteiger charge is 2.21. The summed E-state index contributed by atoms with van der Waals surface area (Å²) < 4.78 is 21.9. The van der Waals surface area contributed by atoms with E-state index in [0.29, 0.717) is 35.2 Å². The lowest BCUT2D eigenvalue weighted by Gasteiger charge is -2.14. The van der Waals surface area contributed by atoms with Crippen molar-refractivity contribution in [1.29, 1.82) is 0 Å². The molecule has 0 bridgehead atoms. The number of methoxy groups -OCH3 is 3. The van der Waals surface area contributed by atoms with Gasteiger partial charge in [0.2, 0.25) is 5.75 Å². The average Bonchev–Trinajstić information content (AvgIpc) is 3.02. The number of fused-ring (bicyclic) bond motifs is 1. The van der Waals surface area contributed by atoms with Crippen LogP contribution in [0.2, 0.25) is 0 Å². The van der Waals surface area contributed by atoms with Crippen molar-refractivity contribution in [3.8, 4) is 23.0 Å². The molecule has 0 saturated heterocycles. The van der Waals surface area contributed by atoms with Gasteiger partial charge >= 0.3 is 5.97 Å². The molecule has 0 saturated carbocycles. The van der Waals surface area contributed by atoms with Gasteiger partial charge in [-0.25, -0.2) is 4.79 Å². The van der Waals surface area contributed by atoms with Crippen LogP contribution in [0.4, 0.5) is 0 Å². The molecule has 1 N–H and O–H groups in total. The molecule has 1 aliphatic rings. The van der Waals surface area contributed by atoms with E-state index in [1.54, 1.807) is 39.5 Å². The Morgan fingerprint density at radius 2 is 1.84 bits per heavy atom. The molecule has 6 heteroatoms. The normalized spacial score (nSPS) is 14.0. The minimum absolute atomic E-state index is 0.243. The topological polar surface area (TPSA) is 74.2 Å². The fourth-order valence-corrected chi connectivity index (χ4v) is 2.81. The zero-order chi connectivity index (χ0) is 18.0. The Morgan fingerprint density at radius 1 is 1.08 bits per heavy atom. The van der Waals surface area contributed by atoms with Crippen LogP contribution in [0.3, 0.4) is 0 Å². The number of carboxylic acids is 1. The van der Waals surface area contributed by atoms with Crippen molar-refractivity contribution in [2.75, 3.05) is 21.3 Å².